The van der Waals surface area contributed by atoms with Crippen LogP contribution < -0.4 is 9.47 Å². The lowest BCUT2D eigenvalue weighted by atomic mass is 9.68. The van der Waals surface area contributed by atoms with Gasteiger partial charge in [0.2, 0.25) is 0 Å². The molecular weight excluding hydrogens is 434 g/mol. The van der Waals surface area contributed by atoms with E-state index >= 15 is 0 Å². The molecule has 0 radical (unpaired) electrons. The van der Waals surface area contributed by atoms with E-state index in [1.165, 1.54) is 12.5 Å². The smallest absolute Gasteiger partial charge is 0.308 e. The molecule has 1 aliphatic carbocycles. The number of para-hydroxylation sites is 1. The summed E-state index contributed by atoms with van der Waals surface area (Å²) in [6.45, 7) is 1.41. The SMILES string of the molecule is COc1ccc(C2(c3ccc(OC(C)=O)cc3)c3ccccc3-c3nc4ccccc4cc32)cc1. The zero-order valence-electron chi connectivity index (χ0n) is 19.5. The van der Waals surface area contributed by atoms with Crippen molar-refractivity contribution in [1.29, 1.82) is 0 Å². The van der Waals surface area contributed by atoms with Gasteiger partial charge in [-0.05, 0) is 58.7 Å². The Balaban J connectivity index is 1.70. The van der Waals surface area contributed by atoms with Gasteiger partial charge in [0.1, 0.15) is 11.5 Å². The summed E-state index contributed by atoms with van der Waals surface area (Å²) in [5, 5.41) is 1.09. The molecule has 0 aliphatic heterocycles. The van der Waals surface area contributed by atoms with Crippen molar-refractivity contribution in [2.24, 2.45) is 0 Å². The van der Waals surface area contributed by atoms with Gasteiger partial charge in [0.25, 0.3) is 0 Å². The number of methoxy groups -OCH3 is 1. The number of fused-ring (bicyclic) bond motifs is 4. The summed E-state index contributed by atoms with van der Waals surface area (Å²) in [7, 11) is 1.68. The summed E-state index contributed by atoms with van der Waals surface area (Å²) in [5.74, 6) is 0.987. The molecule has 0 fully saturated rings. The van der Waals surface area contributed by atoms with Gasteiger partial charge < -0.3 is 9.47 Å². The minimum atomic E-state index is -0.593. The molecule has 4 nitrogen and oxygen atoms in total. The monoisotopic (exact) mass is 457 g/mol. The molecule has 35 heavy (non-hydrogen) atoms. The summed E-state index contributed by atoms with van der Waals surface area (Å²) < 4.78 is 10.8. The quantitative estimate of drug-likeness (QED) is 0.223. The van der Waals surface area contributed by atoms with Gasteiger partial charge in [0.15, 0.2) is 0 Å². The highest BCUT2D eigenvalue weighted by atomic mass is 16.5. The largest absolute Gasteiger partial charge is 0.497 e. The van der Waals surface area contributed by atoms with Crippen LogP contribution in [0.25, 0.3) is 22.2 Å². The predicted octanol–water partition coefficient (Wildman–Crippen LogP) is 6.53. The zero-order valence-corrected chi connectivity index (χ0v) is 19.5. The normalized spacial score (nSPS) is 15.9. The molecule has 1 aromatic heterocycles. The van der Waals surface area contributed by atoms with Crippen LogP contribution in [0, 0.1) is 0 Å². The zero-order chi connectivity index (χ0) is 24.0. The molecule has 0 spiro atoms. The highest BCUT2D eigenvalue weighted by Gasteiger charge is 2.47. The molecule has 1 unspecified atom stereocenters. The van der Waals surface area contributed by atoms with E-state index < -0.39 is 5.41 Å². The highest BCUT2D eigenvalue weighted by Crippen LogP contribution is 2.56. The van der Waals surface area contributed by atoms with Crippen LogP contribution in [0.4, 0.5) is 0 Å². The number of rotatable bonds is 4. The van der Waals surface area contributed by atoms with Gasteiger partial charge in [0, 0.05) is 17.9 Å². The maximum absolute atomic E-state index is 11.5. The Labute approximate surface area is 203 Å². The summed E-state index contributed by atoms with van der Waals surface area (Å²) in [6, 6.07) is 35.0. The lowest BCUT2D eigenvalue weighted by Gasteiger charge is -2.33. The van der Waals surface area contributed by atoms with Crippen molar-refractivity contribution in [3.8, 4) is 22.8 Å². The van der Waals surface area contributed by atoms with Crippen LogP contribution >= 0.6 is 0 Å². The van der Waals surface area contributed by atoms with E-state index in [1.807, 2.05) is 48.5 Å². The Hall–Kier alpha value is -4.44. The number of aromatic nitrogens is 1. The van der Waals surface area contributed by atoms with Gasteiger partial charge in [-0.15, -0.1) is 0 Å². The van der Waals surface area contributed by atoms with Crippen LogP contribution in [0.15, 0.2) is 103 Å². The van der Waals surface area contributed by atoms with E-state index in [0.29, 0.717) is 5.75 Å². The average molecular weight is 458 g/mol. The third-order valence-corrected chi connectivity index (χ3v) is 6.79. The molecule has 1 atom stereocenters. The number of ether oxygens (including phenoxy) is 2. The Kier molecular flexibility index (Phi) is 4.89. The Morgan fingerprint density at radius 3 is 2.06 bits per heavy atom. The van der Waals surface area contributed by atoms with Gasteiger partial charge in [-0.25, -0.2) is 4.98 Å². The number of hydrogen-bond acceptors (Lipinski definition) is 4. The van der Waals surface area contributed by atoms with Crippen LogP contribution in [0.1, 0.15) is 29.2 Å². The molecule has 0 saturated heterocycles. The second-order valence-electron chi connectivity index (χ2n) is 8.72. The minimum Gasteiger partial charge on any atom is -0.497 e. The van der Waals surface area contributed by atoms with E-state index in [1.54, 1.807) is 7.11 Å². The topological polar surface area (TPSA) is 48.4 Å². The number of benzene rings is 4. The van der Waals surface area contributed by atoms with Crippen molar-refractivity contribution in [2.75, 3.05) is 7.11 Å². The van der Waals surface area contributed by atoms with E-state index in [9.17, 15) is 4.79 Å². The van der Waals surface area contributed by atoms with Crippen LogP contribution in [0.2, 0.25) is 0 Å². The Morgan fingerprint density at radius 1 is 0.743 bits per heavy atom. The molecule has 4 aromatic carbocycles. The highest BCUT2D eigenvalue weighted by molar-refractivity contribution is 5.91. The number of pyridine rings is 1. The third-order valence-electron chi connectivity index (χ3n) is 6.79. The number of hydrogen-bond donors (Lipinski definition) is 0. The molecule has 1 aliphatic rings. The first-order valence-corrected chi connectivity index (χ1v) is 11.5. The van der Waals surface area contributed by atoms with Crippen molar-refractivity contribution in [3.63, 3.8) is 0 Å². The number of esters is 1. The van der Waals surface area contributed by atoms with E-state index in [2.05, 4.69) is 54.6 Å². The first-order chi connectivity index (χ1) is 17.1. The maximum atomic E-state index is 11.5. The summed E-state index contributed by atoms with van der Waals surface area (Å²) in [4.78, 5) is 16.6. The van der Waals surface area contributed by atoms with Gasteiger partial charge in [-0.3, -0.25) is 4.79 Å². The van der Waals surface area contributed by atoms with E-state index in [4.69, 9.17) is 14.5 Å². The average Bonchev–Trinajstić information content (AvgIpc) is 3.18. The number of nitrogens with zero attached hydrogens (tertiary/aromatic N) is 1. The second kappa shape index (κ2) is 8.10. The van der Waals surface area contributed by atoms with Gasteiger partial charge in [-0.2, -0.15) is 0 Å². The fourth-order valence-corrected chi connectivity index (χ4v) is 5.34. The van der Waals surface area contributed by atoms with Crippen LogP contribution in [-0.4, -0.2) is 18.1 Å². The van der Waals surface area contributed by atoms with Crippen LogP contribution in [0.3, 0.4) is 0 Å². The second-order valence-corrected chi connectivity index (χ2v) is 8.72. The molecule has 0 saturated carbocycles. The molecule has 0 bridgehead atoms. The molecule has 6 rings (SSSR count). The predicted molar refractivity (Wildman–Crippen MR) is 137 cm³/mol. The first kappa shape index (κ1) is 21.1. The molecular formula is C31H23NO3. The van der Waals surface area contributed by atoms with Crippen LogP contribution in [-0.2, 0) is 10.2 Å². The van der Waals surface area contributed by atoms with Crippen molar-refractivity contribution in [3.05, 3.63) is 125 Å². The number of carbonyl (C=O) groups excluding carboxylic acids is 1. The number of carbonyl (C=O) groups is 1. The molecule has 1 heterocycles. The molecule has 0 N–H and O–H groups in total. The van der Waals surface area contributed by atoms with E-state index in [0.717, 1.165) is 44.6 Å². The molecule has 4 heteroatoms. The third kappa shape index (κ3) is 3.22. The van der Waals surface area contributed by atoms with E-state index in [-0.39, 0.29) is 5.97 Å². The molecule has 0 amide bonds. The molecule has 170 valence electrons. The lowest BCUT2D eigenvalue weighted by molar-refractivity contribution is -0.131. The molecule has 5 aromatic rings. The maximum Gasteiger partial charge on any atom is 0.308 e. The van der Waals surface area contributed by atoms with Crippen molar-refractivity contribution in [1.82, 2.24) is 4.98 Å². The summed E-state index contributed by atoms with van der Waals surface area (Å²) >= 11 is 0. The fourth-order valence-electron chi connectivity index (χ4n) is 5.34. The fraction of sp³-hybridized carbons (Fsp3) is 0.0968. The van der Waals surface area contributed by atoms with Crippen molar-refractivity contribution >= 4 is 16.9 Å². The lowest BCUT2D eigenvalue weighted by Crippen LogP contribution is -2.28. The van der Waals surface area contributed by atoms with Crippen molar-refractivity contribution in [2.45, 2.75) is 12.3 Å². The Bertz CT molecular complexity index is 1570. The van der Waals surface area contributed by atoms with Crippen LogP contribution in [0.5, 0.6) is 11.5 Å². The standard InChI is InChI=1S/C31H23NO3/c1-20(33)35-25-17-13-23(14-18-25)31(22-11-15-24(34-2)16-12-22)27-9-5-4-8-26(27)30-28(31)19-21-7-3-6-10-29(21)32-30/h3-19H,1-2H3. The summed E-state index contributed by atoms with van der Waals surface area (Å²) in [5.41, 5.74) is 6.96. The first-order valence-electron chi connectivity index (χ1n) is 11.5. The van der Waals surface area contributed by atoms with Gasteiger partial charge in [-0.1, -0.05) is 66.7 Å². The summed E-state index contributed by atoms with van der Waals surface area (Å²) in [6.07, 6.45) is 0. The van der Waals surface area contributed by atoms with Gasteiger partial charge >= 0.3 is 5.97 Å². The van der Waals surface area contributed by atoms with Crippen molar-refractivity contribution < 1.29 is 14.3 Å². The van der Waals surface area contributed by atoms with Gasteiger partial charge in [0.05, 0.1) is 23.7 Å². The minimum absolute atomic E-state index is 0.338. The Morgan fingerprint density at radius 2 is 1.37 bits per heavy atom.